The fraction of sp³-hybridized carbons (Fsp3) is 0.600. The molecule has 2 fully saturated rings. The van der Waals surface area contributed by atoms with Gasteiger partial charge in [0.1, 0.15) is 5.65 Å². The molecule has 3 aliphatic rings. The zero-order chi connectivity index (χ0) is 29.3. The number of dihydropyridines is 1. The molecule has 0 spiro atoms. The first kappa shape index (κ1) is 29.8. The van der Waals surface area contributed by atoms with E-state index in [1.165, 1.54) is 11.8 Å². The topological polar surface area (TPSA) is 88.8 Å². The number of allylic oxidation sites excluding steroid dienone is 1. The zero-order valence-corrected chi connectivity index (χ0v) is 24.9. The summed E-state index contributed by atoms with van der Waals surface area (Å²) in [6, 6.07) is 4.30. The standard InChI is InChI=1S/C30H39F2N5O3S/c1-17-14-25(41-4)24(28(38)35-17)15-34-29(39)26-19(3)37(27-23(26)6-5-12-33-27)18(2)20-7-9-21(10-8-20)36-13-11-22(16-36)40-30(31)32/h5-6,12,14,18,20-22,24,30H,7-11,13,15-16H2,1-4H3,(H,34,39)/t18-,20?,21?,22+,24?/m1/s1. The van der Waals surface area contributed by atoms with Crippen LogP contribution in [0.3, 0.4) is 0 Å². The summed E-state index contributed by atoms with van der Waals surface area (Å²) in [6.45, 7) is 4.83. The van der Waals surface area contributed by atoms with Crippen LogP contribution in [0.1, 0.15) is 68.0 Å². The van der Waals surface area contributed by atoms with E-state index in [1.54, 1.807) is 13.1 Å². The van der Waals surface area contributed by atoms with Crippen molar-refractivity contribution in [3.8, 4) is 0 Å². The second-order valence-electron chi connectivity index (χ2n) is 11.4. The molecule has 0 radical (unpaired) electrons. The van der Waals surface area contributed by atoms with Crippen molar-refractivity contribution in [1.82, 2.24) is 19.8 Å². The first-order chi connectivity index (χ1) is 19.7. The van der Waals surface area contributed by atoms with Crippen LogP contribution >= 0.6 is 11.8 Å². The van der Waals surface area contributed by atoms with Crippen molar-refractivity contribution in [2.75, 3.05) is 25.9 Å². The Morgan fingerprint density at radius 3 is 2.68 bits per heavy atom. The Hall–Kier alpha value is -2.63. The number of thioether (sulfide) groups is 1. The highest BCUT2D eigenvalue weighted by Gasteiger charge is 2.35. The molecule has 2 amide bonds. The van der Waals surface area contributed by atoms with Gasteiger partial charge in [0.2, 0.25) is 0 Å². The molecule has 222 valence electrons. The molecule has 8 nitrogen and oxygen atoms in total. The molecule has 1 N–H and O–H groups in total. The molecular formula is C30H39F2N5O3S. The van der Waals surface area contributed by atoms with Gasteiger partial charge in [-0.05, 0) is 83.3 Å². The summed E-state index contributed by atoms with van der Waals surface area (Å²) in [6.07, 6.45) is 9.92. The highest BCUT2D eigenvalue weighted by Crippen LogP contribution is 2.39. The lowest BCUT2D eigenvalue weighted by Gasteiger charge is -2.37. The second-order valence-corrected chi connectivity index (χ2v) is 12.3. The number of alkyl halides is 2. The van der Waals surface area contributed by atoms with Crippen LogP contribution in [0.15, 0.2) is 34.3 Å². The monoisotopic (exact) mass is 587 g/mol. The van der Waals surface area contributed by atoms with Crippen LogP contribution in [0, 0.1) is 18.8 Å². The number of aromatic nitrogens is 2. The van der Waals surface area contributed by atoms with Crippen molar-refractivity contribution in [3.63, 3.8) is 0 Å². The summed E-state index contributed by atoms with van der Waals surface area (Å²) in [5.41, 5.74) is 2.92. The van der Waals surface area contributed by atoms with E-state index >= 15 is 0 Å². The fourth-order valence-electron chi connectivity index (χ4n) is 6.93. The minimum atomic E-state index is -2.71. The average Bonchev–Trinajstić information content (AvgIpc) is 3.52. The summed E-state index contributed by atoms with van der Waals surface area (Å²) in [5.74, 6) is -0.522. The Balaban J connectivity index is 1.28. The molecule has 0 aromatic carbocycles. The number of ether oxygens (including phenoxy) is 1. The summed E-state index contributed by atoms with van der Waals surface area (Å²) in [7, 11) is 0. The maximum atomic E-state index is 13.6. The van der Waals surface area contributed by atoms with Crippen LogP contribution in [-0.2, 0) is 9.53 Å². The third-order valence-electron chi connectivity index (χ3n) is 9.04. The quantitative estimate of drug-likeness (QED) is 0.424. The minimum Gasteiger partial charge on any atom is -0.351 e. The Morgan fingerprint density at radius 1 is 1.22 bits per heavy atom. The predicted octanol–water partition coefficient (Wildman–Crippen LogP) is 5.37. The second kappa shape index (κ2) is 12.7. The smallest absolute Gasteiger partial charge is 0.345 e. The molecule has 1 unspecified atom stereocenters. The number of aliphatic imine (C=N–C) groups is 1. The number of fused-ring (bicyclic) bond motifs is 1. The lowest BCUT2D eigenvalue weighted by atomic mass is 9.81. The van der Waals surface area contributed by atoms with Crippen molar-refractivity contribution < 1.29 is 23.1 Å². The van der Waals surface area contributed by atoms with E-state index in [4.69, 9.17) is 4.74 Å². The van der Waals surface area contributed by atoms with E-state index in [0.717, 1.165) is 53.9 Å². The Labute approximate surface area is 244 Å². The van der Waals surface area contributed by atoms with Crippen LogP contribution in [0.25, 0.3) is 11.0 Å². The first-order valence-electron chi connectivity index (χ1n) is 14.4. The minimum absolute atomic E-state index is 0.131. The van der Waals surface area contributed by atoms with Crippen molar-refractivity contribution in [2.45, 2.75) is 77.7 Å². The number of carbonyl (C=O) groups is 2. The molecule has 11 heteroatoms. The van der Waals surface area contributed by atoms with Crippen molar-refractivity contribution >= 4 is 40.3 Å². The Bertz CT molecular complexity index is 1350. The van der Waals surface area contributed by atoms with Crippen molar-refractivity contribution in [2.24, 2.45) is 16.8 Å². The average molecular weight is 588 g/mol. The van der Waals surface area contributed by atoms with Gasteiger partial charge in [-0.1, -0.05) is 0 Å². The number of carbonyl (C=O) groups excluding carboxylic acids is 2. The summed E-state index contributed by atoms with van der Waals surface area (Å²) in [4.78, 5) is 38.2. The van der Waals surface area contributed by atoms with E-state index in [2.05, 4.69) is 31.7 Å². The maximum absolute atomic E-state index is 13.6. The number of nitrogens with one attached hydrogen (secondary N) is 1. The van der Waals surface area contributed by atoms with Gasteiger partial charge in [0.15, 0.2) is 0 Å². The fourth-order valence-corrected chi connectivity index (χ4v) is 7.69. The highest BCUT2D eigenvalue weighted by atomic mass is 32.2. The summed E-state index contributed by atoms with van der Waals surface area (Å²) >= 11 is 1.50. The summed E-state index contributed by atoms with van der Waals surface area (Å²) in [5, 5.41) is 3.81. The molecule has 1 saturated heterocycles. The van der Waals surface area contributed by atoms with E-state index in [-0.39, 0.29) is 30.5 Å². The first-order valence-corrected chi connectivity index (χ1v) is 15.7. The number of nitrogens with zero attached hydrogens (tertiary/aromatic N) is 4. The molecule has 3 atom stereocenters. The van der Waals surface area contributed by atoms with Gasteiger partial charge < -0.3 is 14.6 Å². The molecular weight excluding hydrogens is 548 g/mol. The number of hydrogen-bond acceptors (Lipinski definition) is 6. The number of pyridine rings is 1. The van der Waals surface area contributed by atoms with E-state index in [1.807, 2.05) is 31.4 Å². The summed E-state index contributed by atoms with van der Waals surface area (Å²) < 4.78 is 32.2. The van der Waals surface area contributed by atoms with Crippen LogP contribution in [0.4, 0.5) is 8.78 Å². The maximum Gasteiger partial charge on any atom is 0.345 e. The number of amides is 2. The molecule has 2 aliphatic heterocycles. The van der Waals surface area contributed by atoms with Crippen LogP contribution in [0.5, 0.6) is 0 Å². The van der Waals surface area contributed by atoms with E-state index in [9.17, 15) is 18.4 Å². The van der Waals surface area contributed by atoms with Gasteiger partial charge >= 0.3 is 6.61 Å². The Morgan fingerprint density at radius 2 is 1.98 bits per heavy atom. The van der Waals surface area contributed by atoms with Gasteiger partial charge in [0.25, 0.3) is 11.8 Å². The van der Waals surface area contributed by atoms with Crippen LogP contribution in [-0.4, -0.2) is 76.6 Å². The van der Waals surface area contributed by atoms with Gasteiger partial charge in [-0.2, -0.15) is 8.78 Å². The molecule has 1 aliphatic carbocycles. The molecule has 0 bridgehead atoms. The third kappa shape index (κ3) is 6.27. The van der Waals surface area contributed by atoms with Gasteiger partial charge in [-0.3, -0.25) is 14.5 Å². The molecule has 41 heavy (non-hydrogen) atoms. The zero-order valence-electron chi connectivity index (χ0n) is 24.1. The number of hydrogen-bond donors (Lipinski definition) is 1. The van der Waals surface area contributed by atoms with Gasteiger partial charge in [-0.25, -0.2) is 9.98 Å². The SMILES string of the molecule is CSC1=CC(C)=NC(=O)C1CNC(=O)c1c(C)n([C@H](C)C2CCC(N3CC[C@H](OC(F)F)C3)CC2)c2ncccc12. The number of halogens is 2. The van der Waals surface area contributed by atoms with Gasteiger partial charge in [0, 0.05) is 59.6 Å². The highest BCUT2D eigenvalue weighted by molar-refractivity contribution is 8.02. The van der Waals surface area contributed by atoms with Crippen LogP contribution in [0.2, 0.25) is 0 Å². The lowest BCUT2D eigenvalue weighted by Crippen LogP contribution is -2.38. The molecule has 5 rings (SSSR count). The molecule has 2 aromatic rings. The van der Waals surface area contributed by atoms with Gasteiger partial charge in [-0.15, -0.1) is 11.8 Å². The van der Waals surface area contributed by atoms with Crippen LogP contribution < -0.4 is 5.32 Å². The molecule has 4 heterocycles. The van der Waals surface area contributed by atoms with Gasteiger partial charge in [0.05, 0.1) is 17.6 Å². The third-order valence-corrected chi connectivity index (χ3v) is 9.91. The van der Waals surface area contributed by atoms with Crippen molar-refractivity contribution in [1.29, 1.82) is 0 Å². The molecule has 1 saturated carbocycles. The van der Waals surface area contributed by atoms with Crippen molar-refractivity contribution in [3.05, 3.63) is 40.6 Å². The largest absolute Gasteiger partial charge is 0.351 e. The number of likely N-dealkylation sites (tertiary alicyclic amines) is 1. The molecule has 2 aromatic heterocycles. The van der Waals surface area contributed by atoms with E-state index < -0.39 is 12.5 Å². The van der Waals surface area contributed by atoms with E-state index in [0.29, 0.717) is 36.2 Å². The Kier molecular flexibility index (Phi) is 9.25. The normalized spacial score (nSPS) is 26.4. The lowest BCUT2D eigenvalue weighted by molar-refractivity contribution is -0.159. The number of rotatable bonds is 9. The predicted molar refractivity (Wildman–Crippen MR) is 158 cm³/mol.